The molecular formula is C18H29N5O2. The van der Waals surface area contributed by atoms with Crippen LogP contribution < -0.4 is 10.2 Å². The van der Waals surface area contributed by atoms with Gasteiger partial charge < -0.3 is 24.8 Å². The summed E-state index contributed by atoms with van der Waals surface area (Å²) in [4.78, 5) is 23.5. The molecule has 2 saturated heterocycles. The number of pyridine rings is 1. The highest BCUT2D eigenvalue weighted by atomic mass is 16.5. The summed E-state index contributed by atoms with van der Waals surface area (Å²) in [5.74, 6) is 1.02. The standard InChI is InChI=1S/C18H29N5O2/c1-3-21-6-8-22(9-7-21)17-5-4-16(12-19-17)13-20-18(24)23-10-11-25-14-15(23)2/h4-5,12,15H,3,6-11,13-14H2,1-2H3,(H,20,24). The number of anilines is 1. The van der Waals surface area contributed by atoms with E-state index in [2.05, 4.69) is 39.2 Å². The summed E-state index contributed by atoms with van der Waals surface area (Å²) >= 11 is 0. The summed E-state index contributed by atoms with van der Waals surface area (Å²) in [5.41, 5.74) is 1.02. The molecule has 0 aliphatic carbocycles. The van der Waals surface area contributed by atoms with Crippen molar-refractivity contribution in [3.63, 3.8) is 0 Å². The second-order valence-corrected chi connectivity index (χ2v) is 6.72. The average Bonchev–Trinajstić information content (AvgIpc) is 2.67. The van der Waals surface area contributed by atoms with Crippen LogP contribution in [0.2, 0.25) is 0 Å². The van der Waals surface area contributed by atoms with E-state index in [1.165, 1.54) is 0 Å². The molecule has 0 aromatic carbocycles. The number of urea groups is 1. The minimum atomic E-state index is -0.0319. The number of nitrogens with one attached hydrogen (secondary N) is 1. The maximum atomic E-state index is 12.3. The molecule has 2 fully saturated rings. The molecule has 2 amide bonds. The van der Waals surface area contributed by atoms with Gasteiger partial charge in [-0.1, -0.05) is 13.0 Å². The number of likely N-dealkylation sites (N-methyl/N-ethyl adjacent to an activating group) is 1. The van der Waals surface area contributed by atoms with Crippen molar-refractivity contribution in [2.24, 2.45) is 0 Å². The van der Waals surface area contributed by atoms with E-state index in [4.69, 9.17) is 4.74 Å². The van der Waals surface area contributed by atoms with E-state index >= 15 is 0 Å². The van der Waals surface area contributed by atoms with Crippen molar-refractivity contribution >= 4 is 11.8 Å². The van der Waals surface area contributed by atoms with Gasteiger partial charge in [-0.2, -0.15) is 0 Å². The predicted molar refractivity (Wildman–Crippen MR) is 97.8 cm³/mol. The molecule has 1 unspecified atom stereocenters. The Morgan fingerprint density at radius 3 is 2.72 bits per heavy atom. The number of hydrogen-bond acceptors (Lipinski definition) is 5. The molecule has 7 heteroatoms. The molecule has 2 aliphatic rings. The monoisotopic (exact) mass is 347 g/mol. The van der Waals surface area contributed by atoms with Crippen LogP contribution in [0.15, 0.2) is 18.3 Å². The van der Waals surface area contributed by atoms with E-state index in [-0.39, 0.29) is 12.1 Å². The fourth-order valence-corrected chi connectivity index (χ4v) is 3.31. The first-order chi connectivity index (χ1) is 12.2. The number of amides is 2. The lowest BCUT2D eigenvalue weighted by Gasteiger charge is -2.34. The van der Waals surface area contributed by atoms with Crippen molar-refractivity contribution in [2.45, 2.75) is 26.4 Å². The smallest absolute Gasteiger partial charge is 0.318 e. The van der Waals surface area contributed by atoms with Gasteiger partial charge in [-0.25, -0.2) is 9.78 Å². The van der Waals surface area contributed by atoms with Crippen LogP contribution in [0.25, 0.3) is 0 Å². The van der Waals surface area contributed by atoms with Crippen molar-refractivity contribution in [3.8, 4) is 0 Å². The Bertz CT molecular complexity index is 557. The maximum Gasteiger partial charge on any atom is 0.318 e. The highest BCUT2D eigenvalue weighted by Crippen LogP contribution is 2.14. The van der Waals surface area contributed by atoms with Gasteiger partial charge in [-0.15, -0.1) is 0 Å². The Hall–Kier alpha value is -1.86. The quantitative estimate of drug-likeness (QED) is 0.885. The third-order valence-electron chi connectivity index (χ3n) is 5.02. The fourth-order valence-electron chi connectivity index (χ4n) is 3.31. The Labute approximate surface area is 149 Å². The van der Waals surface area contributed by atoms with Crippen LogP contribution in [0.3, 0.4) is 0 Å². The van der Waals surface area contributed by atoms with Crippen LogP contribution in [-0.2, 0) is 11.3 Å². The van der Waals surface area contributed by atoms with Gasteiger partial charge in [-0.3, -0.25) is 0 Å². The minimum Gasteiger partial charge on any atom is -0.377 e. The van der Waals surface area contributed by atoms with Crippen LogP contribution >= 0.6 is 0 Å². The van der Waals surface area contributed by atoms with Crippen LogP contribution in [-0.4, -0.2) is 79.3 Å². The number of hydrogen-bond donors (Lipinski definition) is 1. The zero-order valence-corrected chi connectivity index (χ0v) is 15.3. The van der Waals surface area contributed by atoms with E-state index < -0.39 is 0 Å². The molecule has 7 nitrogen and oxygen atoms in total. The van der Waals surface area contributed by atoms with Gasteiger partial charge >= 0.3 is 6.03 Å². The largest absolute Gasteiger partial charge is 0.377 e. The molecule has 1 aromatic heterocycles. The summed E-state index contributed by atoms with van der Waals surface area (Å²) in [6.07, 6.45) is 1.87. The number of morpholine rings is 1. The molecule has 1 N–H and O–H groups in total. The van der Waals surface area contributed by atoms with Gasteiger partial charge in [-0.05, 0) is 25.1 Å². The first-order valence-electron chi connectivity index (χ1n) is 9.22. The molecule has 1 aromatic rings. The van der Waals surface area contributed by atoms with E-state index in [9.17, 15) is 4.79 Å². The number of aromatic nitrogens is 1. The lowest BCUT2D eigenvalue weighted by atomic mass is 10.2. The topological polar surface area (TPSA) is 60.9 Å². The van der Waals surface area contributed by atoms with Gasteiger partial charge in [0, 0.05) is 45.5 Å². The molecule has 0 saturated carbocycles. The van der Waals surface area contributed by atoms with Crippen LogP contribution in [0.4, 0.5) is 10.6 Å². The van der Waals surface area contributed by atoms with Crippen molar-refractivity contribution < 1.29 is 9.53 Å². The van der Waals surface area contributed by atoms with E-state index in [1.54, 1.807) is 0 Å². The minimum absolute atomic E-state index is 0.0319. The summed E-state index contributed by atoms with van der Waals surface area (Å²) in [6.45, 7) is 11.9. The number of rotatable bonds is 4. The van der Waals surface area contributed by atoms with Crippen molar-refractivity contribution in [1.82, 2.24) is 20.1 Å². The third-order valence-corrected chi connectivity index (χ3v) is 5.02. The van der Waals surface area contributed by atoms with Crippen molar-refractivity contribution in [1.29, 1.82) is 0 Å². The van der Waals surface area contributed by atoms with Gasteiger partial charge in [0.2, 0.25) is 0 Å². The number of carbonyl (C=O) groups excluding carboxylic acids is 1. The molecule has 3 heterocycles. The molecule has 0 radical (unpaired) electrons. The van der Waals surface area contributed by atoms with Crippen LogP contribution in [0.5, 0.6) is 0 Å². The van der Waals surface area contributed by atoms with Crippen molar-refractivity contribution in [3.05, 3.63) is 23.9 Å². The molecule has 1 atom stereocenters. The molecule has 3 rings (SSSR count). The van der Waals surface area contributed by atoms with Crippen LogP contribution in [0, 0.1) is 0 Å². The highest BCUT2D eigenvalue weighted by molar-refractivity contribution is 5.74. The molecule has 138 valence electrons. The Morgan fingerprint density at radius 1 is 1.28 bits per heavy atom. The van der Waals surface area contributed by atoms with E-state index in [0.29, 0.717) is 26.3 Å². The molecule has 0 bridgehead atoms. The summed E-state index contributed by atoms with van der Waals surface area (Å²) < 4.78 is 5.37. The first-order valence-corrected chi connectivity index (χ1v) is 9.22. The Morgan fingerprint density at radius 2 is 2.08 bits per heavy atom. The highest BCUT2D eigenvalue weighted by Gasteiger charge is 2.23. The number of ether oxygens (including phenoxy) is 1. The Kier molecular flexibility index (Phi) is 6.09. The lowest BCUT2D eigenvalue weighted by molar-refractivity contribution is 0.0190. The number of carbonyl (C=O) groups is 1. The summed E-state index contributed by atoms with van der Waals surface area (Å²) in [7, 11) is 0. The fraction of sp³-hybridized carbons (Fsp3) is 0.667. The van der Waals surface area contributed by atoms with Gasteiger partial charge in [0.25, 0.3) is 0 Å². The average molecular weight is 347 g/mol. The summed E-state index contributed by atoms with van der Waals surface area (Å²) in [5, 5.41) is 2.98. The molecule has 25 heavy (non-hydrogen) atoms. The number of nitrogens with zero attached hydrogens (tertiary/aromatic N) is 4. The van der Waals surface area contributed by atoms with E-state index in [1.807, 2.05) is 18.0 Å². The van der Waals surface area contributed by atoms with Gasteiger partial charge in [0.05, 0.1) is 19.3 Å². The lowest BCUT2D eigenvalue weighted by Crippen LogP contribution is -2.51. The zero-order chi connectivity index (χ0) is 17.6. The van der Waals surface area contributed by atoms with Crippen molar-refractivity contribution in [2.75, 3.05) is 57.4 Å². The Balaban J connectivity index is 1.48. The molecular weight excluding hydrogens is 318 g/mol. The second kappa shape index (κ2) is 8.49. The predicted octanol–water partition coefficient (Wildman–Crippen LogP) is 1.15. The molecule has 0 spiro atoms. The zero-order valence-electron chi connectivity index (χ0n) is 15.3. The third kappa shape index (κ3) is 4.61. The maximum absolute atomic E-state index is 12.3. The van der Waals surface area contributed by atoms with E-state index in [0.717, 1.165) is 44.1 Å². The first kappa shape index (κ1) is 17.9. The van der Waals surface area contributed by atoms with Gasteiger partial charge in [0.15, 0.2) is 0 Å². The second-order valence-electron chi connectivity index (χ2n) is 6.72. The molecule has 2 aliphatic heterocycles. The van der Waals surface area contributed by atoms with Gasteiger partial charge in [0.1, 0.15) is 5.82 Å². The SMILES string of the molecule is CCN1CCN(c2ccc(CNC(=O)N3CCOCC3C)cn2)CC1. The normalized spacial score (nSPS) is 22.1. The van der Waals surface area contributed by atoms with Crippen LogP contribution in [0.1, 0.15) is 19.4 Å². The number of piperazine rings is 1. The summed E-state index contributed by atoms with van der Waals surface area (Å²) in [6, 6.07) is 4.20.